The third-order valence-electron chi connectivity index (χ3n) is 4.25. The van der Waals surface area contributed by atoms with E-state index in [0.717, 1.165) is 25.1 Å². The molecule has 2 fully saturated rings. The van der Waals surface area contributed by atoms with E-state index in [2.05, 4.69) is 5.32 Å². The molecule has 4 heteroatoms. The predicted octanol–water partition coefficient (Wildman–Crippen LogP) is 2.90. The van der Waals surface area contributed by atoms with Gasteiger partial charge in [-0.15, -0.1) is 0 Å². The van der Waals surface area contributed by atoms with E-state index in [1.165, 1.54) is 32.1 Å². The monoisotopic (exact) mass is 271 g/mol. The summed E-state index contributed by atoms with van der Waals surface area (Å²) < 4.78 is 0. The Morgan fingerprint density at radius 2 is 1.94 bits per heavy atom. The van der Waals surface area contributed by atoms with Crippen LogP contribution >= 0.6 is 11.8 Å². The fourth-order valence-electron chi connectivity index (χ4n) is 3.00. The number of thioether (sulfide) groups is 1. The number of aliphatic carboxylic acids is 1. The van der Waals surface area contributed by atoms with Crippen LogP contribution in [0.2, 0.25) is 0 Å². The van der Waals surface area contributed by atoms with Crippen molar-refractivity contribution in [2.24, 2.45) is 5.92 Å². The average Bonchev–Trinajstić information content (AvgIpc) is 3.20. The topological polar surface area (TPSA) is 49.3 Å². The lowest BCUT2D eigenvalue weighted by molar-refractivity contribution is -0.144. The molecule has 2 saturated carbocycles. The predicted molar refractivity (Wildman–Crippen MR) is 76.1 cm³/mol. The second-order valence-electron chi connectivity index (χ2n) is 5.65. The van der Waals surface area contributed by atoms with Crippen molar-refractivity contribution in [2.45, 2.75) is 62.7 Å². The number of carboxylic acids is 1. The first-order valence-corrected chi connectivity index (χ1v) is 8.34. The van der Waals surface area contributed by atoms with Crippen LogP contribution in [0.25, 0.3) is 0 Å². The highest BCUT2D eigenvalue weighted by Gasteiger charge is 2.50. The van der Waals surface area contributed by atoms with Crippen LogP contribution in [-0.2, 0) is 4.79 Å². The first-order valence-electron chi connectivity index (χ1n) is 7.29. The zero-order valence-corrected chi connectivity index (χ0v) is 12.1. The molecule has 1 atom stereocenters. The van der Waals surface area contributed by atoms with E-state index in [4.69, 9.17) is 0 Å². The number of likely N-dealkylation sites (N-methyl/N-ethyl adjacent to an activating group) is 1. The molecule has 2 rings (SSSR count). The SMILES string of the molecule is CCNC(CSC1CCCCC1)(C(=O)O)C1CC1. The molecular formula is C14H25NO2S. The summed E-state index contributed by atoms with van der Waals surface area (Å²) in [5, 5.41) is 13.6. The maximum atomic E-state index is 11.7. The quantitative estimate of drug-likeness (QED) is 0.747. The molecule has 3 nitrogen and oxygen atoms in total. The molecule has 0 saturated heterocycles. The molecule has 0 aromatic heterocycles. The number of rotatable bonds is 7. The molecule has 18 heavy (non-hydrogen) atoms. The van der Waals surface area contributed by atoms with Crippen LogP contribution in [-0.4, -0.2) is 34.2 Å². The van der Waals surface area contributed by atoms with Gasteiger partial charge >= 0.3 is 5.97 Å². The fraction of sp³-hybridized carbons (Fsp3) is 0.929. The first-order chi connectivity index (χ1) is 8.69. The zero-order chi connectivity index (χ0) is 13.0. The largest absolute Gasteiger partial charge is 0.480 e. The van der Waals surface area contributed by atoms with Gasteiger partial charge in [-0.2, -0.15) is 11.8 Å². The van der Waals surface area contributed by atoms with Crippen LogP contribution in [0.4, 0.5) is 0 Å². The van der Waals surface area contributed by atoms with Crippen LogP contribution in [0.5, 0.6) is 0 Å². The lowest BCUT2D eigenvalue weighted by Gasteiger charge is -2.32. The van der Waals surface area contributed by atoms with Gasteiger partial charge in [-0.3, -0.25) is 4.79 Å². The van der Waals surface area contributed by atoms with E-state index in [9.17, 15) is 9.90 Å². The Labute approximate surface area is 114 Å². The lowest BCUT2D eigenvalue weighted by Crippen LogP contribution is -2.56. The molecule has 0 aliphatic heterocycles. The van der Waals surface area contributed by atoms with Crippen LogP contribution < -0.4 is 5.32 Å². The second kappa shape index (κ2) is 6.29. The van der Waals surface area contributed by atoms with Crippen LogP contribution in [0.3, 0.4) is 0 Å². The molecule has 0 aromatic carbocycles. The Bertz CT molecular complexity index is 288. The third-order valence-corrected chi connectivity index (χ3v) is 5.81. The summed E-state index contributed by atoms with van der Waals surface area (Å²) in [6.45, 7) is 2.75. The first kappa shape index (κ1) is 14.2. The van der Waals surface area contributed by atoms with Crippen molar-refractivity contribution >= 4 is 17.7 Å². The van der Waals surface area contributed by atoms with Crippen molar-refractivity contribution in [1.82, 2.24) is 5.32 Å². The number of hydrogen-bond donors (Lipinski definition) is 2. The highest BCUT2D eigenvalue weighted by atomic mass is 32.2. The van der Waals surface area contributed by atoms with Crippen LogP contribution in [0.1, 0.15) is 51.9 Å². The number of hydrogen-bond acceptors (Lipinski definition) is 3. The van der Waals surface area contributed by atoms with Gasteiger partial charge in [0.05, 0.1) is 0 Å². The molecule has 2 aliphatic rings. The second-order valence-corrected chi connectivity index (χ2v) is 6.94. The number of nitrogens with one attached hydrogen (secondary N) is 1. The third kappa shape index (κ3) is 3.21. The molecule has 0 heterocycles. The smallest absolute Gasteiger partial charge is 0.325 e. The Balaban J connectivity index is 1.93. The van der Waals surface area contributed by atoms with Gasteiger partial charge in [0.15, 0.2) is 0 Å². The summed E-state index contributed by atoms with van der Waals surface area (Å²) in [7, 11) is 0. The molecule has 0 radical (unpaired) electrons. The van der Waals surface area contributed by atoms with Gasteiger partial charge in [-0.25, -0.2) is 0 Å². The summed E-state index contributed by atoms with van der Waals surface area (Å²) in [4.78, 5) is 11.7. The molecule has 0 bridgehead atoms. The van der Waals surface area contributed by atoms with Gasteiger partial charge in [-0.1, -0.05) is 26.2 Å². The van der Waals surface area contributed by atoms with Gasteiger partial charge in [0.1, 0.15) is 5.54 Å². The highest BCUT2D eigenvalue weighted by Crippen LogP contribution is 2.43. The van der Waals surface area contributed by atoms with Gasteiger partial charge in [0.25, 0.3) is 0 Å². The van der Waals surface area contributed by atoms with E-state index in [0.29, 0.717) is 11.2 Å². The zero-order valence-electron chi connectivity index (χ0n) is 11.3. The van der Waals surface area contributed by atoms with Crippen molar-refractivity contribution in [1.29, 1.82) is 0 Å². The van der Waals surface area contributed by atoms with E-state index < -0.39 is 11.5 Å². The summed E-state index contributed by atoms with van der Waals surface area (Å²) in [6, 6.07) is 0. The number of carboxylic acid groups (broad SMARTS) is 1. The summed E-state index contributed by atoms with van der Waals surface area (Å²) in [5.74, 6) is 0.451. The minimum Gasteiger partial charge on any atom is -0.480 e. The molecule has 0 spiro atoms. The molecule has 2 aliphatic carbocycles. The van der Waals surface area contributed by atoms with Crippen LogP contribution in [0.15, 0.2) is 0 Å². The molecule has 104 valence electrons. The fourth-order valence-corrected chi connectivity index (χ4v) is 4.62. The van der Waals surface area contributed by atoms with E-state index in [1.54, 1.807) is 0 Å². The standard InChI is InChI=1S/C14H25NO2S/c1-2-15-14(13(16)17,11-8-9-11)10-18-12-6-4-3-5-7-12/h11-12,15H,2-10H2,1H3,(H,16,17). The highest BCUT2D eigenvalue weighted by molar-refractivity contribution is 8.00. The Hall–Kier alpha value is -0.220. The Morgan fingerprint density at radius 3 is 2.44 bits per heavy atom. The van der Waals surface area contributed by atoms with E-state index in [1.807, 2.05) is 18.7 Å². The maximum absolute atomic E-state index is 11.7. The molecule has 1 unspecified atom stereocenters. The molecule has 0 amide bonds. The van der Waals surface area contributed by atoms with Gasteiger partial charge in [0.2, 0.25) is 0 Å². The van der Waals surface area contributed by atoms with Crippen LogP contribution in [0, 0.1) is 5.92 Å². The van der Waals surface area contributed by atoms with Crippen molar-refractivity contribution < 1.29 is 9.90 Å². The molecule has 2 N–H and O–H groups in total. The Morgan fingerprint density at radius 1 is 1.28 bits per heavy atom. The normalized spacial score (nSPS) is 24.7. The summed E-state index contributed by atoms with van der Waals surface area (Å²) in [5.41, 5.74) is -0.656. The van der Waals surface area contributed by atoms with Crippen molar-refractivity contribution in [3.05, 3.63) is 0 Å². The minimum absolute atomic E-state index is 0.353. The Kier molecular flexibility index (Phi) is 4.96. The number of carbonyl (C=O) groups is 1. The summed E-state index contributed by atoms with van der Waals surface area (Å²) in [6.07, 6.45) is 8.70. The van der Waals surface area contributed by atoms with Gasteiger partial charge in [0, 0.05) is 11.0 Å². The van der Waals surface area contributed by atoms with E-state index >= 15 is 0 Å². The van der Waals surface area contributed by atoms with Gasteiger partial charge < -0.3 is 10.4 Å². The van der Waals surface area contributed by atoms with E-state index in [-0.39, 0.29) is 0 Å². The van der Waals surface area contributed by atoms with Crippen molar-refractivity contribution in [2.75, 3.05) is 12.3 Å². The molecular weight excluding hydrogens is 246 g/mol. The van der Waals surface area contributed by atoms with Crippen molar-refractivity contribution in [3.8, 4) is 0 Å². The summed E-state index contributed by atoms with van der Waals surface area (Å²) >= 11 is 1.90. The molecule has 0 aromatic rings. The van der Waals surface area contributed by atoms with Crippen molar-refractivity contribution in [3.63, 3.8) is 0 Å². The minimum atomic E-state index is -0.656. The average molecular weight is 271 g/mol. The maximum Gasteiger partial charge on any atom is 0.325 e. The van der Waals surface area contributed by atoms with Gasteiger partial charge in [-0.05, 0) is 38.1 Å². The lowest BCUT2D eigenvalue weighted by atomic mass is 9.95.